The Kier molecular flexibility index (Phi) is 4.12. The lowest BCUT2D eigenvalue weighted by molar-refractivity contribution is -0.138. The minimum atomic E-state index is -0.986. The van der Waals surface area contributed by atoms with Crippen molar-refractivity contribution < 1.29 is 14.4 Å². The van der Waals surface area contributed by atoms with Crippen LogP contribution in [0.5, 0.6) is 0 Å². The van der Waals surface area contributed by atoms with E-state index in [-0.39, 0.29) is 19.0 Å². The van der Waals surface area contributed by atoms with Crippen molar-refractivity contribution in [2.75, 3.05) is 13.6 Å². The molecule has 0 unspecified atom stereocenters. The fraction of sp³-hybridized carbons (Fsp3) is 0.353. The first-order chi connectivity index (χ1) is 11.8. The Morgan fingerprint density at radius 2 is 1.92 bits per heavy atom. The van der Waals surface area contributed by atoms with Gasteiger partial charge in [0, 0.05) is 7.05 Å². The summed E-state index contributed by atoms with van der Waals surface area (Å²) >= 11 is 0. The highest BCUT2D eigenvalue weighted by molar-refractivity contribution is 6.08. The molecule has 0 aliphatic carbocycles. The quantitative estimate of drug-likeness (QED) is 0.834. The van der Waals surface area contributed by atoms with E-state index < -0.39 is 17.5 Å². The van der Waals surface area contributed by atoms with E-state index >= 15 is 0 Å². The number of carbonyl (C=O) groups is 3. The van der Waals surface area contributed by atoms with Crippen molar-refractivity contribution in [1.82, 2.24) is 25.1 Å². The van der Waals surface area contributed by atoms with Crippen molar-refractivity contribution >= 4 is 28.9 Å². The molecule has 8 nitrogen and oxygen atoms in total. The number of hydrogen-bond donors (Lipinski definition) is 1. The van der Waals surface area contributed by atoms with Gasteiger partial charge < -0.3 is 10.2 Å². The Hall–Kier alpha value is -3.03. The fourth-order valence-corrected chi connectivity index (χ4v) is 2.62. The summed E-state index contributed by atoms with van der Waals surface area (Å²) in [6, 6.07) is 6.91. The maximum atomic E-state index is 12.4. The zero-order chi connectivity index (χ0) is 18.2. The summed E-state index contributed by atoms with van der Waals surface area (Å²) in [5.41, 5.74) is 1.17. The van der Waals surface area contributed by atoms with Gasteiger partial charge in [0.1, 0.15) is 12.1 Å². The van der Waals surface area contributed by atoms with Gasteiger partial charge in [-0.2, -0.15) is 0 Å². The van der Waals surface area contributed by atoms with Gasteiger partial charge in [0.25, 0.3) is 5.91 Å². The maximum Gasteiger partial charge on any atom is 0.325 e. The van der Waals surface area contributed by atoms with Gasteiger partial charge in [0.05, 0.1) is 29.5 Å². The predicted octanol–water partition coefficient (Wildman–Crippen LogP) is 0.919. The molecular weight excluding hydrogens is 322 g/mol. The van der Waals surface area contributed by atoms with Gasteiger partial charge in [-0.15, -0.1) is 0 Å². The topological polar surface area (TPSA) is 95.5 Å². The molecule has 1 fully saturated rings. The van der Waals surface area contributed by atoms with Crippen LogP contribution in [0.3, 0.4) is 0 Å². The predicted molar refractivity (Wildman–Crippen MR) is 90.3 cm³/mol. The fourth-order valence-electron chi connectivity index (χ4n) is 2.62. The van der Waals surface area contributed by atoms with Crippen LogP contribution in [-0.4, -0.2) is 56.7 Å². The number of hydrogen-bond acceptors (Lipinski definition) is 5. The Balaban J connectivity index is 1.68. The number of amides is 4. The molecule has 1 aliphatic heterocycles. The second-order valence-electron chi connectivity index (χ2n) is 6.55. The number of rotatable bonds is 4. The highest BCUT2D eigenvalue weighted by atomic mass is 16.2. The maximum absolute atomic E-state index is 12.4. The molecule has 0 radical (unpaired) electrons. The lowest BCUT2D eigenvalue weighted by Gasteiger charge is -2.20. The van der Waals surface area contributed by atoms with Gasteiger partial charge in [0.15, 0.2) is 0 Å². The molecule has 0 atom stereocenters. The molecule has 4 amide bonds. The minimum absolute atomic E-state index is 0.240. The van der Waals surface area contributed by atoms with Gasteiger partial charge in [-0.25, -0.2) is 9.78 Å². The SMILES string of the molecule is CN(Cc1cnc2ccccc2n1)C(=O)CN1C(=O)NC(C)(C)C1=O. The molecule has 1 saturated heterocycles. The number of nitrogens with one attached hydrogen (secondary N) is 1. The second kappa shape index (κ2) is 6.12. The Labute approximate surface area is 144 Å². The summed E-state index contributed by atoms with van der Waals surface area (Å²) in [6.07, 6.45) is 1.61. The van der Waals surface area contributed by atoms with E-state index in [0.29, 0.717) is 5.69 Å². The minimum Gasteiger partial charge on any atom is -0.338 e. The Morgan fingerprint density at radius 3 is 2.56 bits per heavy atom. The van der Waals surface area contributed by atoms with Gasteiger partial charge in [-0.3, -0.25) is 19.5 Å². The van der Waals surface area contributed by atoms with E-state index in [9.17, 15) is 14.4 Å². The number of carbonyl (C=O) groups excluding carboxylic acids is 3. The lowest BCUT2D eigenvalue weighted by atomic mass is 10.1. The van der Waals surface area contributed by atoms with Crippen LogP contribution in [0.25, 0.3) is 11.0 Å². The van der Waals surface area contributed by atoms with Gasteiger partial charge in [0.2, 0.25) is 5.91 Å². The van der Waals surface area contributed by atoms with Gasteiger partial charge in [-0.1, -0.05) is 12.1 Å². The molecule has 1 aliphatic rings. The van der Waals surface area contributed by atoms with Crippen LogP contribution < -0.4 is 5.32 Å². The molecule has 8 heteroatoms. The Morgan fingerprint density at radius 1 is 1.24 bits per heavy atom. The van der Waals surface area contributed by atoms with Gasteiger partial charge >= 0.3 is 6.03 Å². The number of fused-ring (bicyclic) bond motifs is 1. The molecule has 3 rings (SSSR count). The van der Waals surface area contributed by atoms with E-state index in [0.717, 1.165) is 15.9 Å². The highest BCUT2D eigenvalue weighted by Crippen LogP contribution is 2.16. The van der Waals surface area contributed by atoms with Crippen molar-refractivity contribution in [3.63, 3.8) is 0 Å². The molecule has 2 aromatic rings. The van der Waals surface area contributed by atoms with Crippen molar-refractivity contribution in [3.05, 3.63) is 36.2 Å². The number of likely N-dealkylation sites (N-methyl/N-ethyl adjacent to an activating group) is 1. The van der Waals surface area contributed by atoms with E-state index in [1.54, 1.807) is 27.1 Å². The Bertz CT molecular complexity index is 864. The van der Waals surface area contributed by atoms with Crippen LogP contribution in [0, 0.1) is 0 Å². The van der Waals surface area contributed by atoms with E-state index in [1.807, 2.05) is 24.3 Å². The molecule has 0 spiro atoms. The van der Waals surface area contributed by atoms with Crippen molar-refractivity contribution in [1.29, 1.82) is 0 Å². The van der Waals surface area contributed by atoms with Crippen LogP contribution in [0.4, 0.5) is 4.79 Å². The molecule has 1 N–H and O–H groups in total. The van der Waals surface area contributed by atoms with Crippen molar-refractivity contribution in [3.8, 4) is 0 Å². The molecule has 0 bridgehead atoms. The third-order valence-electron chi connectivity index (χ3n) is 4.06. The summed E-state index contributed by atoms with van der Waals surface area (Å²) in [5, 5.41) is 2.55. The first-order valence-corrected chi connectivity index (χ1v) is 7.87. The third kappa shape index (κ3) is 3.28. The van der Waals surface area contributed by atoms with Crippen molar-refractivity contribution in [2.45, 2.75) is 25.9 Å². The van der Waals surface area contributed by atoms with Gasteiger partial charge in [-0.05, 0) is 26.0 Å². The summed E-state index contributed by atoms with van der Waals surface area (Å²) in [5.74, 6) is -0.763. The number of nitrogens with zero attached hydrogens (tertiary/aromatic N) is 4. The van der Waals surface area contributed by atoms with Crippen LogP contribution >= 0.6 is 0 Å². The zero-order valence-corrected chi connectivity index (χ0v) is 14.3. The third-order valence-corrected chi connectivity index (χ3v) is 4.06. The summed E-state index contributed by atoms with van der Waals surface area (Å²) in [6.45, 7) is 3.15. The first kappa shape index (κ1) is 16.8. The second-order valence-corrected chi connectivity index (χ2v) is 6.55. The average molecular weight is 341 g/mol. The average Bonchev–Trinajstić information content (AvgIpc) is 2.76. The highest BCUT2D eigenvalue weighted by Gasteiger charge is 2.45. The largest absolute Gasteiger partial charge is 0.338 e. The monoisotopic (exact) mass is 341 g/mol. The smallest absolute Gasteiger partial charge is 0.325 e. The molecule has 1 aromatic heterocycles. The number of benzene rings is 1. The number of imide groups is 1. The van der Waals surface area contributed by atoms with E-state index in [2.05, 4.69) is 15.3 Å². The molecule has 0 saturated carbocycles. The molecule has 2 heterocycles. The molecule has 25 heavy (non-hydrogen) atoms. The van der Waals surface area contributed by atoms with Crippen LogP contribution in [-0.2, 0) is 16.1 Å². The lowest BCUT2D eigenvalue weighted by Crippen LogP contribution is -2.43. The molecule has 1 aromatic carbocycles. The molecular formula is C17H19N5O3. The van der Waals surface area contributed by atoms with Crippen LogP contribution in [0.1, 0.15) is 19.5 Å². The standard InChI is InChI=1S/C17H19N5O3/c1-17(2)15(24)22(16(25)20-17)10-14(23)21(3)9-11-8-18-12-6-4-5-7-13(12)19-11/h4-8H,9-10H2,1-3H3,(H,20,25). The summed E-state index contributed by atoms with van der Waals surface area (Å²) in [7, 11) is 1.60. The van der Waals surface area contributed by atoms with Crippen LogP contribution in [0.2, 0.25) is 0 Å². The number of aromatic nitrogens is 2. The summed E-state index contributed by atoms with van der Waals surface area (Å²) in [4.78, 5) is 47.5. The number of urea groups is 1. The van der Waals surface area contributed by atoms with E-state index in [1.165, 1.54) is 4.90 Å². The normalized spacial score (nSPS) is 16.2. The number of para-hydroxylation sites is 2. The van der Waals surface area contributed by atoms with E-state index in [4.69, 9.17) is 0 Å². The zero-order valence-electron chi connectivity index (χ0n) is 14.3. The first-order valence-electron chi connectivity index (χ1n) is 7.87. The molecule has 130 valence electrons. The van der Waals surface area contributed by atoms with Crippen LogP contribution in [0.15, 0.2) is 30.5 Å². The summed E-state index contributed by atoms with van der Waals surface area (Å²) < 4.78 is 0. The van der Waals surface area contributed by atoms with Crippen molar-refractivity contribution in [2.24, 2.45) is 0 Å².